The Morgan fingerprint density at radius 3 is 2.40 bits per heavy atom. The molecule has 3 fully saturated rings. The fraction of sp³-hybridized carbons (Fsp3) is 0.368. The molecule has 2 amide bonds. The van der Waals surface area contributed by atoms with Gasteiger partial charge in [-0.05, 0) is 54.2 Å². The summed E-state index contributed by atoms with van der Waals surface area (Å²) in [5, 5.41) is 42.8. The van der Waals surface area contributed by atoms with Crippen LogP contribution in [0.3, 0.4) is 0 Å². The van der Waals surface area contributed by atoms with Crippen LogP contribution >= 0.6 is 23.2 Å². The second-order valence-electron chi connectivity index (χ2n) is 21.1. The van der Waals surface area contributed by atoms with Crippen molar-refractivity contribution in [3.8, 4) is 45.3 Å². The van der Waals surface area contributed by atoms with E-state index in [2.05, 4.69) is 36.1 Å². The number of amides is 2. The number of aliphatic hydroxyl groups excluding tert-OH is 2. The lowest BCUT2D eigenvalue weighted by atomic mass is 9.93. The van der Waals surface area contributed by atoms with Gasteiger partial charge in [-0.1, -0.05) is 90.8 Å². The van der Waals surface area contributed by atoms with Crippen LogP contribution in [-0.4, -0.2) is 137 Å². The zero-order valence-electron chi connectivity index (χ0n) is 44.7. The zero-order valence-corrected chi connectivity index (χ0v) is 46.2. The predicted molar refractivity (Wildman–Crippen MR) is 297 cm³/mol. The Morgan fingerprint density at radius 1 is 0.951 bits per heavy atom. The molecule has 428 valence electrons. The largest absolute Gasteiger partial charge is 0.486 e. The topological polar surface area (TPSA) is 231 Å². The number of hydrogen-bond donors (Lipinski definition) is 5. The Kier molecular flexibility index (Phi) is 15.8. The summed E-state index contributed by atoms with van der Waals surface area (Å²) in [4.78, 5) is 45.4. The number of nitrogens with zero attached hydrogens (tertiary/aromatic N) is 9. The minimum atomic E-state index is -5.04. The first-order valence-electron chi connectivity index (χ1n) is 26.6. The van der Waals surface area contributed by atoms with Crippen LogP contribution in [0.25, 0.3) is 55.3 Å². The van der Waals surface area contributed by atoms with Gasteiger partial charge in [0.2, 0.25) is 11.8 Å². The van der Waals surface area contributed by atoms with Gasteiger partial charge in [-0.25, -0.2) is 14.1 Å². The molecule has 3 saturated heterocycles. The molecular formula is C57H56Cl2F4N12O7. The normalized spacial score (nSPS) is 19.1. The number of piperazine rings is 1. The van der Waals surface area contributed by atoms with Crippen molar-refractivity contribution in [3.63, 3.8) is 0 Å². The highest BCUT2D eigenvalue weighted by Crippen LogP contribution is 2.52. The smallest absolute Gasteiger partial charge is 0.417 e. The number of H-pyrrole nitrogens is 1. The van der Waals surface area contributed by atoms with E-state index in [0.29, 0.717) is 46.2 Å². The van der Waals surface area contributed by atoms with Crippen LogP contribution in [0.2, 0.25) is 10.2 Å². The van der Waals surface area contributed by atoms with Crippen LogP contribution in [0.1, 0.15) is 62.4 Å². The van der Waals surface area contributed by atoms with Gasteiger partial charge in [0, 0.05) is 90.5 Å². The van der Waals surface area contributed by atoms with Crippen molar-refractivity contribution in [3.05, 3.63) is 124 Å². The molecule has 0 spiro atoms. The summed E-state index contributed by atoms with van der Waals surface area (Å²) in [6.45, 7) is 5.58. The van der Waals surface area contributed by atoms with E-state index in [1.807, 2.05) is 24.8 Å². The lowest BCUT2D eigenvalue weighted by Crippen LogP contribution is -2.50. The lowest BCUT2D eigenvalue weighted by Gasteiger charge is -2.30. The summed E-state index contributed by atoms with van der Waals surface area (Å²) in [5.41, 5.74) is 1.53. The molecule has 0 radical (unpaired) electrons. The van der Waals surface area contributed by atoms with Crippen LogP contribution in [0, 0.1) is 11.7 Å². The summed E-state index contributed by atoms with van der Waals surface area (Å²) in [6, 6.07) is 16.5. The number of likely N-dealkylation sites (tertiary alicyclic amines) is 1. The second-order valence-corrected chi connectivity index (χ2v) is 21.8. The number of alkyl halides is 3. The van der Waals surface area contributed by atoms with Crippen molar-refractivity contribution in [2.24, 2.45) is 5.92 Å². The number of fused-ring (bicyclic) bond motifs is 4. The Balaban J connectivity index is 0.878. The van der Waals surface area contributed by atoms with Crippen molar-refractivity contribution in [1.82, 2.24) is 55.7 Å². The minimum Gasteiger partial charge on any atom is -0.486 e. The molecule has 19 nitrogen and oxygen atoms in total. The van der Waals surface area contributed by atoms with Crippen LogP contribution in [0.4, 0.5) is 23.4 Å². The van der Waals surface area contributed by atoms with E-state index in [9.17, 15) is 19.8 Å². The number of nitrogens with one attached hydrogen (secondary N) is 3. The van der Waals surface area contributed by atoms with Crippen LogP contribution in [0.15, 0.2) is 91.4 Å². The SMILES string of the molecule is CO[C@@H](C)COc1nc(N2C[C@@H]3C[C@H]2CN3)c2cc(C(F)(F)F)c(-c3c(Cl)c(F)cc4[nH]ncc34)c(OCc3ccc(-c4cn([C@H](C(=O)N5C[C@H](O)C[C@H]5C(=O)N[C@@H](CO)c5ccc(-c6cccnc6Cl)cc5)C(C)C)nn4)cc3)c2n1. The van der Waals surface area contributed by atoms with Crippen molar-refractivity contribution < 1.29 is 51.6 Å². The lowest BCUT2D eigenvalue weighted by molar-refractivity contribution is -0.142. The van der Waals surface area contributed by atoms with Gasteiger partial charge in [0.15, 0.2) is 5.75 Å². The quantitative estimate of drug-likeness (QED) is 0.0401. The molecule has 8 aromatic rings. The number of anilines is 1. The molecule has 0 unspecified atom stereocenters. The molecule has 11 rings (SSSR count). The van der Waals surface area contributed by atoms with Crippen molar-refractivity contribution >= 4 is 62.6 Å². The maximum atomic E-state index is 15.8. The molecule has 4 aromatic carbocycles. The predicted octanol–water partition coefficient (Wildman–Crippen LogP) is 8.51. The maximum Gasteiger partial charge on any atom is 0.417 e. The molecule has 82 heavy (non-hydrogen) atoms. The number of methoxy groups -OCH3 is 1. The number of benzene rings is 4. The van der Waals surface area contributed by atoms with Gasteiger partial charge in [0.1, 0.15) is 53.3 Å². The van der Waals surface area contributed by atoms with Gasteiger partial charge < -0.3 is 44.9 Å². The first-order valence-corrected chi connectivity index (χ1v) is 27.3. The van der Waals surface area contributed by atoms with Crippen LogP contribution in [-0.2, 0) is 27.1 Å². The number of aromatic amines is 1. The van der Waals surface area contributed by atoms with Crippen LogP contribution in [0.5, 0.6) is 11.8 Å². The number of halogens is 6. The standard InChI is InChI=1S/C57H56Cl2F4N12O7/c1-28(2)50(55(79)74-23-36(77)17-45(74)54(78)67-44(25-76)33-13-11-31(12-14-33)37-6-5-15-64-52(37)59)75-24-43(71-72-75)32-9-7-30(8-10-32)27-81-51-47(46-39-21-66-70-42(39)19-41(60)48(46)58)40(57(61,62)63)18-38-49(51)68-56(82-26-29(3)80-4)69-53(38)73-22-34-16-35(73)20-65-34/h5-15,18-19,21,24,28-29,34-36,44-45,50,65,76-77H,16-17,20,22-23,25-27H2,1-4H3,(H,66,70)(H,67,78)/t29-,34-,35-,36+,44-,45-,50-/m0/s1. The molecule has 3 aliphatic rings. The van der Waals surface area contributed by atoms with E-state index in [1.165, 1.54) is 22.9 Å². The number of aliphatic hydroxyl groups is 2. The van der Waals surface area contributed by atoms with E-state index < -0.39 is 76.9 Å². The highest BCUT2D eigenvalue weighted by atomic mass is 35.5. The third-order valence-electron chi connectivity index (χ3n) is 15.3. The molecule has 5 N–H and O–H groups in total. The fourth-order valence-corrected chi connectivity index (χ4v) is 11.6. The number of aromatic nitrogens is 8. The Morgan fingerprint density at radius 2 is 1.72 bits per heavy atom. The molecule has 0 aliphatic carbocycles. The molecule has 0 saturated carbocycles. The molecule has 2 bridgehead atoms. The van der Waals surface area contributed by atoms with Gasteiger partial charge in [-0.2, -0.15) is 28.2 Å². The zero-order chi connectivity index (χ0) is 57.7. The van der Waals surface area contributed by atoms with Gasteiger partial charge in [-0.3, -0.25) is 14.7 Å². The van der Waals surface area contributed by atoms with Gasteiger partial charge >= 0.3 is 12.2 Å². The highest BCUT2D eigenvalue weighted by Gasteiger charge is 2.45. The molecule has 3 aliphatic heterocycles. The van der Waals surface area contributed by atoms with Gasteiger partial charge in [-0.15, -0.1) is 5.10 Å². The van der Waals surface area contributed by atoms with Crippen molar-refractivity contribution in [2.45, 2.75) is 88.8 Å². The maximum absolute atomic E-state index is 15.8. The van der Waals surface area contributed by atoms with E-state index in [0.717, 1.165) is 24.1 Å². The number of hydrogen-bond acceptors (Lipinski definition) is 15. The number of β-amino-alcohol motifs (C(OH)–C–C–N with tert-alkyl or cyclic N) is 1. The third kappa shape index (κ3) is 11.0. The third-order valence-corrected chi connectivity index (χ3v) is 16.0. The van der Waals surface area contributed by atoms with E-state index in [1.54, 1.807) is 73.9 Å². The minimum absolute atomic E-state index is 0.00971. The average Bonchev–Trinajstić information content (AvgIpc) is 4.51. The summed E-state index contributed by atoms with van der Waals surface area (Å²) < 4.78 is 82.6. The Bertz CT molecular complexity index is 3680. The molecule has 7 heterocycles. The van der Waals surface area contributed by atoms with Crippen molar-refractivity contribution in [1.29, 1.82) is 0 Å². The first kappa shape index (κ1) is 56.3. The average molecular weight is 1170 g/mol. The number of ether oxygens (including phenoxy) is 3. The number of carbonyl (C=O) groups is 2. The second kappa shape index (κ2) is 23.0. The van der Waals surface area contributed by atoms with Gasteiger partial charge in [0.05, 0.1) is 53.4 Å². The molecule has 7 atom stereocenters. The van der Waals surface area contributed by atoms with Gasteiger partial charge in [0.25, 0.3) is 0 Å². The summed E-state index contributed by atoms with van der Waals surface area (Å²) in [5.74, 6) is -2.55. The Hall–Kier alpha value is -7.54. The van der Waals surface area contributed by atoms with E-state index in [-0.39, 0.29) is 89.1 Å². The summed E-state index contributed by atoms with van der Waals surface area (Å²) in [7, 11) is 1.51. The van der Waals surface area contributed by atoms with Crippen LogP contribution < -0.4 is 25.0 Å². The fourth-order valence-electron chi connectivity index (χ4n) is 11.1. The first-order chi connectivity index (χ1) is 39.4. The van der Waals surface area contributed by atoms with E-state index >= 15 is 17.6 Å². The summed E-state index contributed by atoms with van der Waals surface area (Å²) >= 11 is 13.0. The highest BCUT2D eigenvalue weighted by molar-refractivity contribution is 6.35. The van der Waals surface area contributed by atoms with E-state index in [4.69, 9.17) is 47.4 Å². The van der Waals surface area contributed by atoms with Crippen molar-refractivity contribution in [2.75, 3.05) is 44.9 Å². The number of pyridine rings is 1. The number of carbonyl (C=O) groups excluding carboxylic acids is 2. The monoisotopic (exact) mass is 1170 g/mol. The molecular weight excluding hydrogens is 1110 g/mol. The molecule has 25 heteroatoms. The Labute approximate surface area is 476 Å². The number of rotatable bonds is 18. The molecule has 4 aromatic heterocycles. The summed E-state index contributed by atoms with van der Waals surface area (Å²) in [6.07, 6.45) is -1.29.